The van der Waals surface area contributed by atoms with E-state index in [1.165, 1.54) is 0 Å². The Balaban J connectivity index is 1.39. The summed E-state index contributed by atoms with van der Waals surface area (Å²) in [5.74, 6) is 2.14. The van der Waals surface area contributed by atoms with Gasteiger partial charge in [0, 0.05) is 31.4 Å². The number of hydrogen-bond donors (Lipinski definition) is 1. The SMILES string of the molecule is Cc1ccc(C(C)CCN(C)CCn2cc(C(=O)NCc3ccncc3)nn2)o1. The van der Waals surface area contributed by atoms with Gasteiger partial charge in [0.15, 0.2) is 5.69 Å². The van der Waals surface area contributed by atoms with Crippen molar-refractivity contribution in [1.82, 2.24) is 30.2 Å². The third-order valence-electron chi connectivity index (χ3n) is 4.88. The summed E-state index contributed by atoms with van der Waals surface area (Å²) in [4.78, 5) is 18.4. The lowest BCUT2D eigenvalue weighted by atomic mass is 10.1. The molecule has 8 heteroatoms. The van der Waals surface area contributed by atoms with Gasteiger partial charge in [0.25, 0.3) is 5.91 Å². The first-order valence-electron chi connectivity index (χ1n) is 9.83. The van der Waals surface area contributed by atoms with E-state index in [9.17, 15) is 4.79 Å². The second-order valence-electron chi connectivity index (χ2n) is 7.35. The predicted octanol–water partition coefficient (Wildman–Crippen LogP) is 2.63. The highest BCUT2D eigenvalue weighted by molar-refractivity contribution is 5.91. The molecule has 1 unspecified atom stereocenters. The van der Waals surface area contributed by atoms with Crippen LogP contribution in [-0.4, -0.2) is 50.9 Å². The number of aryl methyl sites for hydroxylation is 1. The summed E-state index contributed by atoms with van der Waals surface area (Å²) >= 11 is 0. The average molecular weight is 396 g/mol. The van der Waals surface area contributed by atoms with Crippen molar-refractivity contribution in [2.45, 2.75) is 39.3 Å². The van der Waals surface area contributed by atoms with Gasteiger partial charge in [0.05, 0.1) is 12.7 Å². The van der Waals surface area contributed by atoms with E-state index in [1.807, 2.05) is 25.1 Å². The number of likely N-dealkylation sites (N-methyl/N-ethyl adjacent to an activating group) is 1. The molecular weight excluding hydrogens is 368 g/mol. The molecule has 0 aromatic carbocycles. The van der Waals surface area contributed by atoms with Crippen LogP contribution in [0.4, 0.5) is 0 Å². The molecule has 154 valence electrons. The molecule has 3 aromatic rings. The summed E-state index contributed by atoms with van der Waals surface area (Å²) in [5.41, 5.74) is 1.31. The molecule has 0 saturated heterocycles. The monoisotopic (exact) mass is 396 g/mol. The molecule has 8 nitrogen and oxygen atoms in total. The topological polar surface area (TPSA) is 89.1 Å². The zero-order chi connectivity index (χ0) is 20.6. The third kappa shape index (κ3) is 6.25. The van der Waals surface area contributed by atoms with Crippen molar-refractivity contribution in [2.75, 3.05) is 20.1 Å². The maximum Gasteiger partial charge on any atom is 0.273 e. The van der Waals surface area contributed by atoms with Gasteiger partial charge in [0.1, 0.15) is 11.5 Å². The first kappa shape index (κ1) is 20.7. The van der Waals surface area contributed by atoms with Gasteiger partial charge in [0.2, 0.25) is 0 Å². The first-order chi connectivity index (χ1) is 14.0. The first-order valence-corrected chi connectivity index (χ1v) is 9.83. The molecule has 0 saturated carbocycles. The van der Waals surface area contributed by atoms with Crippen LogP contribution in [0, 0.1) is 6.92 Å². The standard InChI is InChI=1S/C21H28N6O2/c1-16(20-5-4-17(2)29-20)8-11-26(3)12-13-27-15-19(24-25-27)21(28)23-14-18-6-9-22-10-7-18/h4-7,9-10,15-16H,8,11-14H2,1-3H3,(H,23,28). The molecule has 3 aromatic heterocycles. The summed E-state index contributed by atoms with van der Waals surface area (Å²) in [7, 11) is 2.08. The Morgan fingerprint density at radius 1 is 1.24 bits per heavy atom. The second kappa shape index (κ2) is 9.97. The number of nitrogens with zero attached hydrogens (tertiary/aromatic N) is 5. The van der Waals surface area contributed by atoms with Crippen LogP contribution < -0.4 is 5.32 Å². The van der Waals surface area contributed by atoms with E-state index in [0.717, 1.165) is 36.6 Å². The molecule has 0 bridgehead atoms. The molecule has 1 amide bonds. The third-order valence-corrected chi connectivity index (χ3v) is 4.88. The minimum Gasteiger partial charge on any atom is -0.466 e. The lowest BCUT2D eigenvalue weighted by Gasteiger charge is -2.18. The van der Waals surface area contributed by atoms with Gasteiger partial charge >= 0.3 is 0 Å². The fraction of sp³-hybridized carbons (Fsp3) is 0.429. The number of carbonyl (C=O) groups is 1. The summed E-state index contributed by atoms with van der Waals surface area (Å²) in [6.07, 6.45) is 6.10. The Hall–Kier alpha value is -3.00. The quantitative estimate of drug-likeness (QED) is 0.567. The van der Waals surface area contributed by atoms with Crippen LogP contribution in [0.1, 0.15) is 46.8 Å². The van der Waals surface area contributed by atoms with E-state index < -0.39 is 0 Å². The number of furan rings is 1. The summed E-state index contributed by atoms with van der Waals surface area (Å²) < 4.78 is 7.40. The van der Waals surface area contributed by atoms with Crippen molar-refractivity contribution < 1.29 is 9.21 Å². The molecule has 29 heavy (non-hydrogen) atoms. The molecule has 0 aliphatic rings. The van der Waals surface area contributed by atoms with Crippen LogP contribution in [-0.2, 0) is 13.1 Å². The van der Waals surface area contributed by atoms with Crippen LogP contribution in [0.5, 0.6) is 0 Å². The number of amides is 1. The molecule has 0 spiro atoms. The van der Waals surface area contributed by atoms with Crippen molar-refractivity contribution in [2.24, 2.45) is 0 Å². The maximum atomic E-state index is 12.2. The molecule has 3 rings (SSSR count). The van der Waals surface area contributed by atoms with E-state index in [4.69, 9.17) is 4.42 Å². The van der Waals surface area contributed by atoms with Crippen LogP contribution in [0.3, 0.4) is 0 Å². The lowest BCUT2D eigenvalue weighted by molar-refractivity contribution is 0.0946. The molecule has 1 atom stereocenters. The Morgan fingerprint density at radius 2 is 2.03 bits per heavy atom. The highest BCUT2D eigenvalue weighted by atomic mass is 16.3. The van der Waals surface area contributed by atoms with E-state index in [-0.39, 0.29) is 5.91 Å². The van der Waals surface area contributed by atoms with E-state index in [0.29, 0.717) is 24.7 Å². The average Bonchev–Trinajstić information content (AvgIpc) is 3.38. The van der Waals surface area contributed by atoms with Gasteiger partial charge in [-0.1, -0.05) is 12.1 Å². The molecular formula is C21H28N6O2. The number of pyridine rings is 1. The van der Waals surface area contributed by atoms with Crippen LogP contribution in [0.2, 0.25) is 0 Å². The lowest BCUT2D eigenvalue weighted by Crippen LogP contribution is -2.25. The van der Waals surface area contributed by atoms with Crippen molar-refractivity contribution in [3.8, 4) is 0 Å². The number of hydrogen-bond acceptors (Lipinski definition) is 6. The Labute approximate surface area is 170 Å². The Morgan fingerprint density at radius 3 is 2.76 bits per heavy atom. The van der Waals surface area contributed by atoms with Gasteiger partial charge in [-0.05, 0) is 56.8 Å². The van der Waals surface area contributed by atoms with E-state index in [2.05, 4.69) is 45.6 Å². The molecule has 3 heterocycles. The van der Waals surface area contributed by atoms with Gasteiger partial charge < -0.3 is 14.6 Å². The van der Waals surface area contributed by atoms with E-state index >= 15 is 0 Å². The number of nitrogens with one attached hydrogen (secondary N) is 1. The zero-order valence-electron chi connectivity index (χ0n) is 17.2. The normalized spacial score (nSPS) is 12.3. The minimum atomic E-state index is -0.232. The molecule has 1 N–H and O–H groups in total. The van der Waals surface area contributed by atoms with Gasteiger partial charge in [-0.2, -0.15) is 0 Å². The number of carbonyl (C=O) groups excluding carboxylic acids is 1. The van der Waals surface area contributed by atoms with Gasteiger partial charge in [-0.25, -0.2) is 0 Å². The summed E-state index contributed by atoms with van der Waals surface area (Å²) in [6, 6.07) is 7.78. The summed E-state index contributed by atoms with van der Waals surface area (Å²) in [6.45, 7) is 7.04. The second-order valence-corrected chi connectivity index (χ2v) is 7.35. The van der Waals surface area contributed by atoms with Crippen LogP contribution in [0.25, 0.3) is 0 Å². The molecule has 0 fully saturated rings. The smallest absolute Gasteiger partial charge is 0.273 e. The predicted molar refractivity (Wildman–Crippen MR) is 109 cm³/mol. The Kier molecular flexibility index (Phi) is 7.13. The largest absolute Gasteiger partial charge is 0.466 e. The van der Waals surface area contributed by atoms with Crippen molar-refractivity contribution in [1.29, 1.82) is 0 Å². The van der Waals surface area contributed by atoms with Crippen LogP contribution >= 0.6 is 0 Å². The van der Waals surface area contributed by atoms with E-state index in [1.54, 1.807) is 23.3 Å². The molecule has 0 aliphatic heterocycles. The van der Waals surface area contributed by atoms with Crippen LogP contribution in [0.15, 0.2) is 47.3 Å². The van der Waals surface area contributed by atoms with Crippen molar-refractivity contribution in [3.05, 3.63) is 65.6 Å². The zero-order valence-corrected chi connectivity index (χ0v) is 17.2. The summed E-state index contributed by atoms with van der Waals surface area (Å²) in [5, 5.41) is 10.9. The van der Waals surface area contributed by atoms with Crippen molar-refractivity contribution in [3.63, 3.8) is 0 Å². The highest BCUT2D eigenvalue weighted by Crippen LogP contribution is 2.21. The Bertz CT molecular complexity index is 905. The molecule has 0 radical (unpaired) electrons. The van der Waals surface area contributed by atoms with Gasteiger partial charge in [-0.3, -0.25) is 14.5 Å². The highest BCUT2D eigenvalue weighted by Gasteiger charge is 2.13. The molecule has 0 aliphatic carbocycles. The van der Waals surface area contributed by atoms with Crippen molar-refractivity contribution >= 4 is 5.91 Å². The number of aromatic nitrogens is 4. The van der Waals surface area contributed by atoms with Gasteiger partial charge in [-0.15, -0.1) is 5.10 Å². The fourth-order valence-electron chi connectivity index (χ4n) is 2.94. The minimum absolute atomic E-state index is 0.232. The number of rotatable bonds is 10. The fourth-order valence-corrected chi connectivity index (χ4v) is 2.94. The maximum absolute atomic E-state index is 12.2.